The van der Waals surface area contributed by atoms with Crippen LogP contribution in [0.15, 0.2) is 27.8 Å². The number of halogens is 1. The quantitative estimate of drug-likeness (QED) is 0.410. The number of aliphatic hydroxyl groups is 1. The second-order valence-corrected chi connectivity index (χ2v) is 6.36. The number of aliphatic imine (C=N–C) groups is 1. The molecule has 1 aromatic rings. The summed E-state index contributed by atoms with van der Waals surface area (Å²) in [4.78, 5) is 9.55. The first-order chi connectivity index (χ1) is 11.3. The second-order valence-electron chi connectivity index (χ2n) is 6.36. The Hall–Kier alpha value is -0.800. The van der Waals surface area contributed by atoms with Crippen LogP contribution in [0.4, 0.5) is 0 Å². The number of furan rings is 1. The maximum atomic E-state index is 10.1. The van der Waals surface area contributed by atoms with Gasteiger partial charge in [0.05, 0.1) is 12.8 Å². The summed E-state index contributed by atoms with van der Waals surface area (Å²) < 4.78 is 5.24. The minimum absolute atomic E-state index is 0. The number of guanidine groups is 1. The molecule has 2 N–H and O–H groups in total. The molecule has 0 aliphatic carbocycles. The Kier molecular flexibility index (Phi) is 7.83. The fourth-order valence-electron chi connectivity index (χ4n) is 3.51. The highest BCUT2D eigenvalue weighted by Gasteiger charge is 2.30. The molecule has 3 heterocycles. The van der Waals surface area contributed by atoms with Crippen LogP contribution in [0.5, 0.6) is 0 Å². The van der Waals surface area contributed by atoms with Gasteiger partial charge in [-0.2, -0.15) is 0 Å². The molecule has 0 spiro atoms. The van der Waals surface area contributed by atoms with Gasteiger partial charge in [-0.3, -0.25) is 4.90 Å². The molecule has 6 nitrogen and oxygen atoms in total. The van der Waals surface area contributed by atoms with Crippen LogP contribution < -0.4 is 5.32 Å². The van der Waals surface area contributed by atoms with Gasteiger partial charge in [-0.25, -0.2) is 4.99 Å². The Morgan fingerprint density at radius 2 is 2.21 bits per heavy atom. The van der Waals surface area contributed by atoms with Crippen molar-refractivity contribution in [1.82, 2.24) is 15.1 Å². The summed E-state index contributed by atoms with van der Waals surface area (Å²) in [6, 6.07) is 4.22. The standard InChI is InChI=1S/C17H28N4O2.HI/c1-2-18-17(19-12-15(22)16-6-5-11-23-16)21-10-7-14(13-21)20-8-3-4-9-20;/h5-6,11,14-15,22H,2-4,7-10,12-13H2,1H3,(H,18,19);1H. The van der Waals surface area contributed by atoms with Gasteiger partial charge in [-0.15, -0.1) is 24.0 Å². The van der Waals surface area contributed by atoms with Crippen molar-refractivity contribution in [3.8, 4) is 0 Å². The third-order valence-electron chi connectivity index (χ3n) is 4.74. The lowest BCUT2D eigenvalue weighted by Crippen LogP contribution is -2.42. The van der Waals surface area contributed by atoms with Crippen LogP contribution >= 0.6 is 24.0 Å². The molecular formula is C17H29IN4O2. The van der Waals surface area contributed by atoms with Crippen molar-refractivity contribution >= 4 is 29.9 Å². The third-order valence-corrected chi connectivity index (χ3v) is 4.74. The minimum atomic E-state index is -0.685. The van der Waals surface area contributed by atoms with Crippen molar-refractivity contribution in [3.63, 3.8) is 0 Å². The van der Waals surface area contributed by atoms with E-state index in [2.05, 4.69) is 27.0 Å². The Bertz CT molecular complexity index is 503. The van der Waals surface area contributed by atoms with E-state index in [1.54, 1.807) is 18.4 Å². The van der Waals surface area contributed by atoms with Crippen molar-refractivity contribution in [3.05, 3.63) is 24.2 Å². The summed E-state index contributed by atoms with van der Waals surface area (Å²) in [5.41, 5.74) is 0. The molecule has 7 heteroatoms. The summed E-state index contributed by atoms with van der Waals surface area (Å²) in [6.45, 7) is 7.77. The highest BCUT2D eigenvalue weighted by Crippen LogP contribution is 2.21. The predicted octanol–water partition coefficient (Wildman–Crippen LogP) is 2.07. The molecule has 2 atom stereocenters. The summed E-state index contributed by atoms with van der Waals surface area (Å²) in [5, 5.41) is 13.5. The average Bonchev–Trinajstić information content (AvgIpc) is 3.32. The molecule has 0 saturated carbocycles. The average molecular weight is 448 g/mol. The first-order valence-electron chi connectivity index (χ1n) is 8.76. The van der Waals surface area contributed by atoms with Crippen LogP contribution in [0.25, 0.3) is 0 Å². The van der Waals surface area contributed by atoms with Gasteiger partial charge in [0, 0.05) is 25.7 Å². The van der Waals surface area contributed by atoms with Gasteiger partial charge in [0.2, 0.25) is 0 Å². The molecular weight excluding hydrogens is 419 g/mol. The van der Waals surface area contributed by atoms with Gasteiger partial charge in [0.15, 0.2) is 5.96 Å². The van der Waals surface area contributed by atoms with E-state index in [0.29, 0.717) is 18.3 Å². The maximum absolute atomic E-state index is 10.1. The number of rotatable bonds is 5. The smallest absolute Gasteiger partial charge is 0.194 e. The number of likely N-dealkylation sites (tertiary alicyclic amines) is 2. The largest absolute Gasteiger partial charge is 0.467 e. The monoisotopic (exact) mass is 448 g/mol. The van der Waals surface area contributed by atoms with Crippen molar-refractivity contribution < 1.29 is 9.52 Å². The summed E-state index contributed by atoms with van der Waals surface area (Å²) in [7, 11) is 0. The predicted molar refractivity (Wildman–Crippen MR) is 106 cm³/mol. The van der Waals surface area contributed by atoms with E-state index in [1.807, 2.05) is 0 Å². The van der Waals surface area contributed by atoms with E-state index in [1.165, 1.54) is 32.4 Å². The van der Waals surface area contributed by atoms with E-state index in [9.17, 15) is 5.11 Å². The highest BCUT2D eigenvalue weighted by molar-refractivity contribution is 14.0. The maximum Gasteiger partial charge on any atom is 0.194 e. The summed E-state index contributed by atoms with van der Waals surface area (Å²) in [6.07, 6.45) is 4.76. The highest BCUT2D eigenvalue weighted by atomic mass is 127. The van der Waals surface area contributed by atoms with Crippen LogP contribution in [0, 0.1) is 0 Å². The SMILES string of the molecule is CCNC(=NCC(O)c1ccco1)N1CCC(N2CCCC2)C1.I. The molecule has 0 bridgehead atoms. The van der Waals surface area contributed by atoms with Gasteiger partial charge in [0.25, 0.3) is 0 Å². The van der Waals surface area contributed by atoms with E-state index in [-0.39, 0.29) is 24.0 Å². The van der Waals surface area contributed by atoms with Crippen LogP contribution in [0.1, 0.15) is 38.1 Å². The van der Waals surface area contributed by atoms with E-state index in [0.717, 1.165) is 25.6 Å². The van der Waals surface area contributed by atoms with Gasteiger partial charge in [-0.1, -0.05) is 0 Å². The number of nitrogens with zero attached hydrogens (tertiary/aromatic N) is 3. The third kappa shape index (κ3) is 4.86. The van der Waals surface area contributed by atoms with Crippen molar-refractivity contribution in [2.45, 2.75) is 38.3 Å². The first kappa shape index (κ1) is 19.5. The van der Waals surface area contributed by atoms with Gasteiger partial charge in [0.1, 0.15) is 11.9 Å². The summed E-state index contributed by atoms with van der Waals surface area (Å²) >= 11 is 0. The second kappa shape index (κ2) is 9.62. The number of hydrogen-bond acceptors (Lipinski definition) is 4. The summed E-state index contributed by atoms with van der Waals surface area (Å²) in [5.74, 6) is 1.47. The first-order valence-corrected chi connectivity index (χ1v) is 8.76. The molecule has 136 valence electrons. The molecule has 3 rings (SSSR count). The molecule has 2 unspecified atom stereocenters. The minimum Gasteiger partial charge on any atom is -0.467 e. The molecule has 0 radical (unpaired) electrons. The Balaban J connectivity index is 0.00000208. The van der Waals surface area contributed by atoms with E-state index in [4.69, 9.17) is 4.42 Å². The zero-order chi connectivity index (χ0) is 16.1. The Morgan fingerprint density at radius 3 is 2.88 bits per heavy atom. The molecule has 0 aromatic carbocycles. The number of aliphatic hydroxyl groups excluding tert-OH is 1. The van der Waals surface area contributed by atoms with E-state index >= 15 is 0 Å². The molecule has 2 saturated heterocycles. The molecule has 1 aromatic heterocycles. The molecule has 2 fully saturated rings. The lowest BCUT2D eigenvalue weighted by atomic mass is 10.2. The fraction of sp³-hybridized carbons (Fsp3) is 0.706. The lowest BCUT2D eigenvalue weighted by Gasteiger charge is -2.25. The molecule has 0 amide bonds. The van der Waals surface area contributed by atoms with Crippen molar-refractivity contribution in [2.75, 3.05) is 39.3 Å². The van der Waals surface area contributed by atoms with Crippen LogP contribution in [0.2, 0.25) is 0 Å². The van der Waals surface area contributed by atoms with Crippen LogP contribution in [-0.2, 0) is 0 Å². The number of nitrogens with one attached hydrogen (secondary N) is 1. The Morgan fingerprint density at radius 1 is 1.42 bits per heavy atom. The van der Waals surface area contributed by atoms with Crippen molar-refractivity contribution in [1.29, 1.82) is 0 Å². The lowest BCUT2D eigenvalue weighted by molar-refractivity contribution is 0.158. The molecule has 2 aliphatic rings. The van der Waals surface area contributed by atoms with Gasteiger partial charge in [-0.05, 0) is 51.4 Å². The van der Waals surface area contributed by atoms with Gasteiger partial charge >= 0.3 is 0 Å². The normalized spacial score (nSPS) is 23.3. The van der Waals surface area contributed by atoms with E-state index < -0.39 is 6.10 Å². The zero-order valence-corrected chi connectivity index (χ0v) is 16.7. The topological polar surface area (TPSA) is 64.2 Å². The molecule has 24 heavy (non-hydrogen) atoms. The van der Waals surface area contributed by atoms with Crippen LogP contribution in [0.3, 0.4) is 0 Å². The molecule has 2 aliphatic heterocycles. The fourth-order valence-corrected chi connectivity index (χ4v) is 3.51. The Labute approximate surface area is 161 Å². The van der Waals surface area contributed by atoms with Crippen LogP contribution in [-0.4, -0.2) is 66.2 Å². The number of hydrogen-bond donors (Lipinski definition) is 2. The van der Waals surface area contributed by atoms with Gasteiger partial charge < -0.3 is 19.7 Å². The van der Waals surface area contributed by atoms with Crippen molar-refractivity contribution in [2.24, 2.45) is 4.99 Å². The zero-order valence-electron chi connectivity index (χ0n) is 14.4.